The number of unbranched alkanes of at least 4 members (excludes halogenated alkanes) is 4. The zero-order valence-corrected chi connectivity index (χ0v) is 11.2. The number of carbonyl (C=O) groups excluding carboxylic acids is 1. The molecule has 0 radical (unpaired) electrons. The summed E-state index contributed by atoms with van der Waals surface area (Å²) >= 11 is 0. The Labute approximate surface area is 105 Å². The second kappa shape index (κ2) is 11.9. The van der Waals surface area contributed by atoms with Crippen molar-refractivity contribution in [2.75, 3.05) is 19.8 Å². The van der Waals surface area contributed by atoms with Gasteiger partial charge < -0.3 is 15.2 Å². The van der Waals surface area contributed by atoms with Gasteiger partial charge in [-0.2, -0.15) is 0 Å². The lowest BCUT2D eigenvalue weighted by Crippen LogP contribution is -2.33. The fourth-order valence-corrected chi connectivity index (χ4v) is 1.49. The van der Waals surface area contributed by atoms with Crippen LogP contribution in [0.25, 0.3) is 0 Å². The normalized spacial score (nSPS) is 12.4. The maximum absolute atomic E-state index is 11.2. The third-order valence-corrected chi connectivity index (χ3v) is 2.55. The lowest BCUT2D eigenvalue weighted by Gasteiger charge is -2.10. The third kappa shape index (κ3) is 10.3. The van der Waals surface area contributed by atoms with E-state index in [-0.39, 0.29) is 5.97 Å². The SMILES string of the molecule is CCCCCCCOCCC(N)C(=O)OCC. The molecule has 0 saturated carbocycles. The molecule has 1 unspecified atom stereocenters. The van der Waals surface area contributed by atoms with Gasteiger partial charge in [-0.25, -0.2) is 0 Å². The molecule has 4 nitrogen and oxygen atoms in total. The maximum Gasteiger partial charge on any atom is 0.322 e. The van der Waals surface area contributed by atoms with Crippen LogP contribution in [0, 0.1) is 0 Å². The van der Waals surface area contributed by atoms with Crippen LogP contribution in [0.15, 0.2) is 0 Å². The summed E-state index contributed by atoms with van der Waals surface area (Å²) in [6.07, 6.45) is 6.69. The average Bonchev–Trinajstić information content (AvgIpc) is 2.32. The van der Waals surface area contributed by atoms with Crippen LogP contribution in [0.5, 0.6) is 0 Å². The van der Waals surface area contributed by atoms with E-state index < -0.39 is 6.04 Å². The highest BCUT2D eigenvalue weighted by molar-refractivity contribution is 5.75. The Morgan fingerprint density at radius 1 is 1.12 bits per heavy atom. The van der Waals surface area contributed by atoms with Gasteiger partial charge in [0.2, 0.25) is 0 Å². The van der Waals surface area contributed by atoms with Crippen molar-refractivity contribution in [2.24, 2.45) is 5.73 Å². The molecule has 0 aromatic rings. The molecular formula is C13H27NO3. The largest absolute Gasteiger partial charge is 0.465 e. The van der Waals surface area contributed by atoms with Crippen molar-refractivity contribution in [3.8, 4) is 0 Å². The van der Waals surface area contributed by atoms with Gasteiger partial charge in [-0.3, -0.25) is 4.79 Å². The highest BCUT2D eigenvalue weighted by Crippen LogP contribution is 2.02. The molecule has 2 N–H and O–H groups in total. The summed E-state index contributed by atoms with van der Waals surface area (Å²) in [6.45, 7) is 5.66. The Morgan fingerprint density at radius 3 is 2.47 bits per heavy atom. The number of esters is 1. The Balaban J connectivity index is 3.24. The second-order valence-electron chi connectivity index (χ2n) is 4.17. The molecule has 17 heavy (non-hydrogen) atoms. The molecule has 0 saturated heterocycles. The van der Waals surface area contributed by atoms with E-state index in [1.807, 2.05) is 0 Å². The van der Waals surface area contributed by atoms with Gasteiger partial charge in [0, 0.05) is 13.2 Å². The van der Waals surface area contributed by atoms with Crippen LogP contribution in [0.4, 0.5) is 0 Å². The first kappa shape index (κ1) is 16.4. The Hall–Kier alpha value is -0.610. The van der Waals surface area contributed by atoms with Gasteiger partial charge in [-0.15, -0.1) is 0 Å². The van der Waals surface area contributed by atoms with Crippen molar-refractivity contribution in [1.29, 1.82) is 0 Å². The minimum absolute atomic E-state index is 0.334. The number of ether oxygens (including phenoxy) is 2. The molecule has 4 heteroatoms. The summed E-state index contributed by atoms with van der Waals surface area (Å²) in [5, 5.41) is 0. The Morgan fingerprint density at radius 2 is 1.82 bits per heavy atom. The van der Waals surface area contributed by atoms with Gasteiger partial charge in [0.05, 0.1) is 6.61 Å². The molecule has 0 aromatic heterocycles. The Kier molecular flexibility index (Phi) is 11.4. The van der Waals surface area contributed by atoms with E-state index in [9.17, 15) is 4.79 Å². The first-order chi connectivity index (χ1) is 8.22. The van der Waals surface area contributed by atoms with Crippen molar-refractivity contribution < 1.29 is 14.3 Å². The van der Waals surface area contributed by atoms with E-state index in [4.69, 9.17) is 15.2 Å². The number of nitrogens with two attached hydrogens (primary N) is 1. The summed E-state index contributed by atoms with van der Waals surface area (Å²) in [6, 6.07) is -0.546. The molecule has 1 atom stereocenters. The van der Waals surface area contributed by atoms with Crippen molar-refractivity contribution in [1.82, 2.24) is 0 Å². The minimum Gasteiger partial charge on any atom is -0.465 e. The monoisotopic (exact) mass is 245 g/mol. The predicted octanol–water partition coefficient (Wildman–Crippen LogP) is 2.25. The van der Waals surface area contributed by atoms with E-state index in [2.05, 4.69) is 6.92 Å². The lowest BCUT2D eigenvalue weighted by molar-refractivity contribution is -0.145. The fraction of sp³-hybridized carbons (Fsp3) is 0.923. The number of rotatable bonds is 11. The van der Waals surface area contributed by atoms with Crippen molar-refractivity contribution in [3.05, 3.63) is 0 Å². The number of hydrogen-bond donors (Lipinski definition) is 1. The fourth-order valence-electron chi connectivity index (χ4n) is 1.49. The van der Waals surface area contributed by atoms with Crippen LogP contribution in [-0.4, -0.2) is 31.8 Å². The molecule has 0 bridgehead atoms. The van der Waals surface area contributed by atoms with E-state index in [0.717, 1.165) is 13.0 Å². The zero-order chi connectivity index (χ0) is 12.9. The molecule has 0 spiro atoms. The second-order valence-corrected chi connectivity index (χ2v) is 4.17. The number of hydrogen-bond acceptors (Lipinski definition) is 4. The van der Waals surface area contributed by atoms with E-state index in [0.29, 0.717) is 19.6 Å². The van der Waals surface area contributed by atoms with Gasteiger partial charge in [0.1, 0.15) is 6.04 Å². The van der Waals surface area contributed by atoms with E-state index >= 15 is 0 Å². The van der Waals surface area contributed by atoms with Crippen LogP contribution in [0.2, 0.25) is 0 Å². The first-order valence-corrected chi connectivity index (χ1v) is 6.72. The molecule has 0 aliphatic rings. The molecule has 102 valence electrons. The highest BCUT2D eigenvalue weighted by Gasteiger charge is 2.13. The van der Waals surface area contributed by atoms with Crippen molar-refractivity contribution in [3.63, 3.8) is 0 Å². The maximum atomic E-state index is 11.2. The molecule has 0 fully saturated rings. The molecule has 0 aliphatic carbocycles. The van der Waals surface area contributed by atoms with Crippen LogP contribution in [0.1, 0.15) is 52.4 Å². The topological polar surface area (TPSA) is 61.5 Å². The van der Waals surface area contributed by atoms with Gasteiger partial charge in [0.25, 0.3) is 0 Å². The molecule has 0 amide bonds. The summed E-state index contributed by atoms with van der Waals surface area (Å²) in [4.78, 5) is 11.2. The smallest absolute Gasteiger partial charge is 0.322 e. The molecule has 0 rings (SSSR count). The van der Waals surface area contributed by atoms with Gasteiger partial charge in [-0.1, -0.05) is 32.6 Å². The summed E-state index contributed by atoms with van der Waals surface area (Å²) in [5.41, 5.74) is 5.63. The summed E-state index contributed by atoms with van der Waals surface area (Å²) in [5.74, 6) is -0.334. The summed E-state index contributed by atoms with van der Waals surface area (Å²) in [7, 11) is 0. The van der Waals surface area contributed by atoms with Gasteiger partial charge in [-0.05, 0) is 19.8 Å². The quantitative estimate of drug-likeness (QED) is 0.448. The molecule has 0 heterocycles. The van der Waals surface area contributed by atoms with Crippen LogP contribution in [-0.2, 0) is 14.3 Å². The van der Waals surface area contributed by atoms with E-state index in [1.165, 1.54) is 25.7 Å². The third-order valence-electron chi connectivity index (χ3n) is 2.55. The average molecular weight is 245 g/mol. The Bertz CT molecular complexity index is 186. The molecular weight excluding hydrogens is 218 g/mol. The van der Waals surface area contributed by atoms with Crippen molar-refractivity contribution >= 4 is 5.97 Å². The highest BCUT2D eigenvalue weighted by atomic mass is 16.5. The summed E-state index contributed by atoms with van der Waals surface area (Å²) < 4.78 is 10.2. The zero-order valence-electron chi connectivity index (χ0n) is 11.2. The minimum atomic E-state index is -0.546. The number of carbonyl (C=O) groups is 1. The lowest BCUT2D eigenvalue weighted by atomic mass is 10.2. The van der Waals surface area contributed by atoms with E-state index in [1.54, 1.807) is 6.92 Å². The van der Waals surface area contributed by atoms with Crippen LogP contribution >= 0.6 is 0 Å². The van der Waals surface area contributed by atoms with Crippen LogP contribution < -0.4 is 5.73 Å². The standard InChI is InChI=1S/C13H27NO3/c1-3-5-6-7-8-10-16-11-9-12(14)13(15)17-4-2/h12H,3-11,14H2,1-2H3. The van der Waals surface area contributed by atoms with Crippen LogP contribution in [0.3, 0.4) is 0 Å². The molecule has 0 aromatic carbocycles. The van der Waals surface area contributed by atoms with Gasteiger partial charge in [0.15, 0.2) is 0 Å². The van der Waals surface area contributed by atoms with Gasteiger partial charge >= 0.3 is 5.97 Å². The molecule has 0 aliphatic heterocycles. The predicted molar refractivity (Wildman–Crippen MR) is 68.8 cm³/mol. The first-order valence-electron chi connectivity index (χ1n) is 6.72. The van der Waals surface area contributed by atoms with Crippen molar-refractivity contribution in [2.45, 2.75) is 58.4 Å².